The predicted molar refractivity (Wildman–Crippen MR) is 74.4 cm³/mol. The van der Waals surface area contributed by atoms with Gasteiger partial charge in [-0.15, -0.1) is 0 Å². The van der Waals surface area contributed by atoms with Crippen molar-refractivity contribution in [1.29, 1.82) is 0 Å². The van der Waals surface area contributed by atoms with Gasteiger partial charge in [-0.1, -0.05) is 17.7 Å². The van der Waals surface area contributed by atoms with Gasteiger partial charge < -0.3 is 16.2 Å². The minimum Gasteiger partial charge on any atom is -0.478 e. The quantitative estimate of drug-likeness (QED) is 0.801. The van der Waals surface area contributed by atoms with Crippen LogP contribution in [0.3, 0.4) is 0 Å². The SMILES string of the molecule is NC(=O)c1cccc(Nc2ccc(Cl)c(C(=O)O)c2)n1. The summed E-state index contributed by atoms with van der Waals surface area (Å²) in [6, 6.07) is 9.17. The van der Waals surface area contributed by atoms with Gasteiger partial charge in [0.05, 0.1) is 10.6 Å². The molecule has 0 bridgehead atoms. The summed E-state index contributed by atoms with van der Waals surface area (Å²) in [6.45, 7) is 0. The van der Waals surface area contributed by atoms with Crippen molar-refractivity contribution < 1.29 is 14.7 Å². The predicted octanol–water partition coefficient (Wildman–Crippen LogP) is 2.28. The van der Waals surface area contributed by atoms with Crippen LogP contribution in [-0.4, -0.2) is 22.0 Å². The van der Waals surface area contributed by atoms with Crippen molar-refractivity contribution >= 4 is 35.0 Å². The molecule has 1 heterocycles. The minimum atomic E-state index is -1.13. The number of rotatable bonds is 4. The van der Waals surface area contributed by atoms with Crippen molar-refractivity contribution in [3.63, 3.8) is 0 Å². The lowest BCUT2D eigenvalue weighted by Gasteiger charge is -2.08. The molecule has 0 aliphatic heterocycles. The molecular formula is C13H10ClN3O3. The van der Waals surface area contributed by atoms with Crippen LogP contribution in [0.1, 0.15) is 20.8 Å². The molecule has 0 aliphatic rings. The molecule has 1 aromatic carbocycles. The van der Waals surface area contributed by atoms with Gasteiger partial charge in [0, 0.05) is 5.69 Å². The third kappa shape index (κ3) is 3.04. The largest absolute Gasteiger partial charge is 0.478 e. The summed E-state index contributed by atoms with van der Waals surface area (Å²) < 4.78 is 0. The number of carboxylic acids is 1. The number of primary amides is 1. The second-order valence-corrected chi connectivity index (χ2v) is 4.30. The number of aromatic carboxylic acids is 1. The van der Waals surface area contributed by atoms with Gasteiger partial charge in [-0.25, -0.2) is 9.78 Å². The van der Waals surface area contributed by atoms with Crippen LogP contribution in [-0.2, 0) is 0 Å². The minimum absolute atomic E-state index is 0.0253. The van der Waals surface area contributed by atoms with Crippen LogP contribution in [0.4, 0.5) is 11.5 Å². The highest BCUT2D eigenvalue weighted by Gasteiger charge is 2.10. The first-order chi connectivity index (χ1) is 9.47. The molecule has 0 spiro atoms. The number of nitrogens with zero attached hydrogens (tertiary/aromatic N) is 1. The first-order valence-corrected chi connectivity index (χ1v) is 5.92. The molecule has 1 aromatic heterocycles. The summed E-state index contributed by atoms with van der Waals surface area (Å²) in [7, 11) is 0. The number of hydrogen-bond acceptors (Lipinski definition) is 4. The van der Waals surface area contributed by atoms with Crippen LogP contribution in [0.2, 0.25) is 5.02 Å². The van der Waals surface area contributed by atoms with Gasteiger partial charge in [0.2, 0.25) is 0 Å². The van der Waals surface area contributed by atoms with Crippen molar-refractivity contribution in [3.05, 3.63) is 52.7 Å². The fourth-order valence-corrected chi connectivity index (χ4v) is 1.75. The summed E-state index contributed by atoms with van der Waals surface area (Å²) in [6.07, 6.45) is 0. The first-order valence-electron chi connectivity index (χ1n) is 5.54. The molecule has 0 saturated carbocycles. The maximum atomic E-state index is 11.0. The maximum absolute atomic E-state index is 11.0. The zero-order valence-corrected chi connectivity index (χ0v) is 10.9. The van der Waals surface area contributed by atoms with E-state index in [9.17, 15) is 9.59 Å². The van der Waals surface area contributed by atoms with Gasteiger partial charge in [-0.05, 0) is 30.3 Å². The average molecular weight is 292 g/mol. The number of anilines is 2. The Hall–Kier alpha value is -2.60. The fraction of sp³-hybridized carbons (Fsp3) is 0. The van der Waals surface area contributed by atoms with Crippen molar-refractivity contribution in [2.45, 2.75) is 0 Å². The van der Waals surface area contributed by atoms with Crippen molar-refractivity contribution in [2.24, 2.45) is 5.73 Å². The highest BCUT2D eigenvalue weighted by molar-refractivity contribution is 6.33. The molecule has 4 N–H and O–H groups in total. The number of nitrogens with two attached hydrogens (primary N) is 1. The number of pyridine rings is 1. The topological polar surface area (TPSA) is 105 Å². The zero-order chi connectivity index (χ0) is 14.7. The smallest absolute Gasteiger partial charge is 0.337 e. The summed E-state index contributed by atoms with van der Waals surface area (Å²) in [5, 5.41) is 12.0. The standard InChI is InChI=1S/C13H10ClN3O3/c14-9-5-4-7(6-8(9)13(19)20)16-11-3-1-2-10(17-11)12(15)18/h1-6H,(H2,15,18)(H,16,17)(H,19,20). The second kappa shape index (κ2) is 5.58. The third-order valence-corrected chi connectivity index (χ3v) is 2.80. The summed E-state index contributed by atoms with van der Waals surface area (Å²) in [4.78, 5) is 26.0. The summed E-state index contributed by atoms with van der Waals surface area (Å²) in [5.74, 6) is -1.39. The van der Waals surface area contributed by atoms with E-state index in [2.05, 4.69) is 10.3 Å². The number of hydrogen-bond donors (Lipinski definition) is 3. The molecular weight excluding hydrogens is 282 g/mol. The van der Waals surface area contributed by atoms with Gasteiger partial charge in [-0.3, -0.25) is 4.79 Å². The van der Waals surface area contributed by atoms with Crippen LogP contribution in [0.5, 0.6) is 0 Å². The Bertz CT molecular complexity index is 688. The molecule has 102 valence electrons. The number of benzene rings is 1. The summed E-state index contributed by atoms with van der Waals surface area (Å²) >= 11 is 5.78. The number of halogens is 1. The van der Waals surface area contributed by atoms with Gasteiger partial charge in [-0.2, -0.15) is 0 Å². The van der Waals surface area contributed by atoms with Crippen LogP contribution in [0, 0.1) is 0 Å². The van der Waals surface area contributed by atoms with Gasteiger partial charge in [0.1, 0.15) is 11.5 Å². The van der Waals surface area contributed by atoms with E-state index in [-0.39, 0.29) is 16.3 Å². The van der Waals surface area contributed by atoms with E-state index >= 15 is 0 Å². The van der Waals surface area contributed by atoms with Gasteiger partial charge in [0.15, 0.2) is 0 Å². The number of aromatic nitrogens is 1. The molecule has 1 amide bonds. The molecule has 20 heavy (non-hydrogen) atoms. The van der Waals surface area contributed by atoms with E-state index in [1.807, 2.05) is 0 Å². The Kier molecular flexibility index (Phi) is 3.86. The second-order valence-electron chi connectivity index (χ2n) is 3.90. The Labute approximate surface area is 119 Å². The molecule has 7 heteroatoms. The van der Waals surface area contributed by atoms with E-state index in [1.165, 1.54) is 18.2 Å². The maximum Gasteiger partial charge on any atom is 0.337 e. The summed E-state index contributed by atoms with van der Waals surface area (Å²) in [5.41, 5.74) is 5.71. The third-order valence-electron chi connectivity index (χ3n) is 2.47. The lowest BCUT2D eigenvalue weighted by Crippen LogP contribution is -2.13. The molecule has 2 rings (SSSR count). The van der Waals surface area contributed by atoms with Crippen molar-refractivity contribution in [1.82, 2.24) is 4.98 Å². The normalized spacial score (nSPS) is 10.1. The fourth-order valence-electron chi connectivity index (χ4n) is 1.56. The van der Waals surface area contributed by atoms with Crippen molar-refractivity contribution in [3.8, 4) is 0 Å². The van der Waals surface area contributed by atoms with E-state index < -0.39 is 11.9 Å². The zero-order valence-electron chi connectivity index (χ0n) is 10.1. The molecule has 0 atom stereocenters. The first kappa shape index (κ1) is 13.8. The van der Waals surface area contributed by atoms with E-state index in [1.54, 1.807) is 18.2 Å². The Morgan fingerprint density at radius 3 is 2.65 bits per heavy atom. The highest BCUT2D eigenvalue weighted by atomic mass is 35.5. The molecule has 0 radical (unpaired) electrons. The molecule has 0 unspecified atom stereocenters. The number of amides is 1. The lowest BCUT2D eigenvalue weighted by molar-refractivity contribution is 0.0697. The van der Waals surface area contributed by atoms with E-state index in [0.29, 0.717) is 11.5 Å². The molecule has 0 aliphatic carbocycles. The number of carbonyl (C=O) groups is 2. The molecule has 6 nitrogen and oxygen atoms in total. The highest BCUT2D eigenvalue weighted by Crippen LogP contribution is 2.22. The van der Waals surface area contributed by atoms with Crippen LogP contribution in [0.15, 0.2) is 36.4 Å². The van der Waals surface area contributed by atoms with Crippen molar-refractivity contribution in [2.75, 3.05) is 5.32 Å². The van der Waals surface area contributed by atoms with Crippen LogP contribution < -0.4 is 11.1 Å². The van der Waals surface area contributed by atoms with E-state index in [4.69, 9.17) is 22.4 Å². The molecule has 0 saturated heterocycles. The average Bonchev–Trinajstić information content (AvgIpc) is 2.41. The molecule has 0 fully saturated rings. The Balaban J connectivity index is 2.30. The number of carboxylic acid groups (broad SMARTS) is 1. The number of nitrogens with one attached hydrogen (secondary N) is 1. The molecule has 2 aromatic rings. The Morgan fingerprint density at radius 2 is 2.00 bits per heavy atom. The van der Waals surface area contributed by atoms with Gasteiger partial charge >= 0.3 is 5.97 Å². The van der Waals surface area contributed by atoms with E-state index in [0.717, 1.165) is 0 Å². The number of carbonyl (C=O) groups excluding carboxylic acids is 1. The monoisotopic (exact) mass is 291 g/mol. The van der Waals surface area contributed by atoms with Crippen LogP contribution >= 0.6 is 11.6 Å². The van der Waals surface area contributed by atoms with Gasteiger partial charge in [0.25, 0.3) is 5.91 Å². The lowest BCUT2D eigenvalue weighted by atomic mass is 10.2. The Morgan fingerprint density at radius 1 is 1.25 bits per heavy atom. The van der Waals surface area contributed by atoms with Crippen LogP contribution in [0.25, 0.3) is 0 Å².